The monoisotopic (exact) mass is 640 g/mol. The first-order valence-electron chi connectivity index (χ1n) is 17.4. The average molecular weight is 641 g/mol. The summed E-state index contributed by atoms with van der Waals surface area (Å²) in [7, 11) is -1.97. The Labute approximate surface area is 286 Å². The van der Waals surface area contributed by atoms with Crippen LogP contribution in [0.15, 0.2) is 127 Å². The number of allylic oxidation sites excluding steroid dienone is 1. The Bertz CT molecular complexity index is 2810. The van der Waals surface area contributed by atoms with Gasteiger partial charge in [-0.15, -0.1) is 0 Å². The lowest BCUT2D eigenvalue weighted by Gasteiger charge is -2.27. The molecule has 11 rings (SSSR count). The second kappa shape index (κ2) is 9.63. The lowest BCUT2D eigenvalue weighted by molar-refractivity contribution is 0.960. The van der Waals surface area contributed by atoms with Crippen molar-refractivity contribution in [1.82, 2.24) is 9.13 Å². The van der Waals surface area contributed by atoms with Crippen LogP contribution in [0.1, 0.15) is 17.5 Å². The van der Waals surface area contributed by atoms with Crippen molar-refractivity contribution in [2.24, 2.45) is 0 Å². The highest BCUT2D eigenvalue weighted by molar-refractivity contribution is 7.04. The van der Waals surface area contributed by atoms with E-state index in [1.165, 1.54) is 92.9 Å². The summed E-state index contributed by atoms with van der Waals surface area (Å²) >= 11 is 0. The third-order valence-corrected chi connectivity index (χ3v) is 15.0. The van der Waals surface area contributed by atoms with Crippen LogP contribution in [0.5, 0.6) is 0 Å². The molecule has 0 amide bonds. The van der Waals surface area contributed by atoms with E-state index >= 15 is 0 Å². The molecule has 3 heteroatoms. The van der Waals surface area contributed by atoms with Crippen LogP contribution in [0.3, 0.4) is 0 Å². The summed E-state index contributed by atoms with van der Waals surface area (Å²) in [5.74, 6) is 0. The third-order valence-electron chi connectivity index (χ3n) is 11.4. The number of rotatable bonds is 2. The van der Waals surface area contributed by atoms with Crippen LogP contribution in [0.25, 0.3) is 83.0 Å². The molecule has 0 saturated carbocycles. The van der Waals surface area contributed by atoms with Gasteiger partial charge >= 0.3 is 0 Å². The van der Waals surface area contributed by atoms with Gasteiger partial charge in [-0.25, -0.2) is 0 Å². The van der Waals surface area contributed by atoms with Crippen molar-refractivity contribution in [3.8, 4) is 22.5 Å². The molecule has 0 unspecified atom stereocenters. The van der Waals surface area contributed by atoms with Crippen LogP contribution in [-0.4, -0.2) is 17.2 Å². The quantitative estimate of drug-likeness (QED) is 0.166. The standard InChI is InChI=1S/C46H32N2Si/c1-49(2)43-26-14-9-19-33(43)36-27-37-38(28-44(36)49)46(48-41-24-12-7-17-31(41)32-18-8-13-25-42(32)48)35-21-4-3-20-34(35)45(37)47-39-22-10-5-15-29(39)30-16-6-11-23-40(30)47/h4-10,12-19,21-22,24-28H,3,20H2,1-2H3. The minimum absolute atomic E-state index is 0.972. The number of aromatic nitrogens is 2. The Kier molecular flexibility index (Phi) is 5.34. The molecule has 0 N–H and O–H groups in total. The van der Waals surface area contributed by atoms with E-state index in [4.69, 9.17) is 0 Å². The molecule has 2 aliphatic rings. The minimum atomic E-state index is -1.97. The van der Waals surface area contributed by atoms with E-state index in [1.54, 1.807) is 0 Å². The Morgan fingerprint density at radius 2 is 1.20 bits per heavy atom. The van der Waals surface area contributed by atoms with E-state index in [-0.39, 0.29) is 0 Å². The van der Waals surface area contributed by atoms with E-state index in [9.17, 15) is 0 Å². The molecule has 230 valence electrons. The summed E-state index contributed by atoms with van der Waals surface area (Å²) in [6.45, 7) is 5.06. The van der Waals surface area contributed by atoms with E-state index in [0.29, 0.717) is 0 Å². The lowest BCUT2D eigenvalue weighted by atomic mass is 9.87. The molecule has 3 heterocycles. The SMILES string of the molecule is C[Si]1(C)c2ccccc2-c2cc3c(-n4c5c#cccc5c5ccccc54)c4c(c(-n5c6ccccc6c6ccccc65)c3cc21)C=CCC4. The van der Waals surface area contributed by atoms with Crippen molar-refractivity contribution in [3.63, 3.8) is 0 Å². The topological polar surface area (TPSA) is 9.86 Å². The number of hydrogen-bond acceptors (Lipinski definition) is 0. The summed E-state index contributed by atoms with van der Waals surface area (Å²) in [6.07, 6.45) is 6.77. The van der Waals surface area contributed by atoms with Crippen LogP contribution in [0, 0.1) is 12.1 Å². The molecule has 0 radical (unpaired) electrons. The van der Waals surface area contributed by atoms with Gasteiger partial charge in [0.25, 0.3) is 0 Å². The highest BCUT2D eigenvalue weighted by Gasteiger charge is 2.38. The van der Waals surface area contributed by atoms with Gasteiger partial charge in [-0.2, -0.15) is 0 Å². The fraction of sp³-hybridized carbons (Fsp3) is 0.0870. The molecule has 2 nitrogen and oxygen atoms in total. The second-order valence-electron chi connectivity index (χ2n) is 14.2. The predicted molar refractivity (Wildman–Crippen MR) is 210 cm³/mol. The Hall–Kier alpha value is -5.82. The molecular weight excluding hydrogens is 609 g/mol. The fourth-order valence-corrected chi connectivity index (χ4v) is 12.3. The molecule has 1 aliphatic carbocycles. The van der Waals surface area contributed by atoms with Crippen molar-refractivity contribution >= 4 is 78.9 Å². The lowest BCUT2D eigenvalue weighted by Crippen LogP contribution is -2.49. The molecule has 49 heavy (non-hydrogen) atoms. The first kappa shape index (κ1) is 27.2. The van der Waals surface area contributed by atoms with Gasteiger partial charge in [0.1, 0.15) is 13.6 Å². The molecule has 0 saturated heterocycles. The van der Waals surface area contributed by atoms with Gasteiger partial charge < -0.3 is 9.13 Å². The highest BCUT2D eigenvalue weighted by Crippen LogP contribution is 2.46. The molecule has 0 spiro atoms. The summed E-state index contributed by atoms with van der Waals surface area (Å²) in [5, 5.41) is 10.7. The first-order chi connectivity index (χ1) is 24.1. The van der Waals surface area contributed by atoms with Crippen molar-refractivity contribution in [3.05, 3.63) is 151 Å². The number of hydrogen-bond donors (Lipinski definition) is 0. The van der Waals surface area contributed by atoms with Crippen molar-refractivity contribution in [1.29, 1.82) is 0 Å². The van der Waals surface area contributed by atoms with Gasteiger partial charge in [-0.1, -0.05) is 116 Å². The second-order valence-corrected chi connectivity index (χ2v) is 18.6. The summed E-state index contributed by atoms with van der Waals surface area (Å²) in [5.41, 5.74) is 12.9. The number of benzene rings is 6. The molecule has 0 fully saturated rings. The normalized spacial score (nSPS) is 14.5. The zero-order valence-electron chi connectivity index (χ0n) is 27.5. The van der Waals surface area contributed by atoms with E-state index in [2.05, 4.69) is 162 Å². The van der Waals surface area contributed by atoms with Gasteiger partial charge in [0.05, 0.1) is 27.9 Å². The van der Waals surface area contributed by atoms with Crippen LogP contribution >= 0.6 is 0 Å². The van der Waals surface area contributed by atoms with E-state index < -0.39 is 8.07 Å². The minimum Gasteiger partial charge on any atom is -0.308 e. The largest absolute Gasteiger partial charge is 0.308 e. The first-order valence-corrected chi connectivity index (χ1v) is 20.4. The molecule has 0 bridgehead atoms. The van der Waals surface area contributed by atoms with Gasteiger partial charge in [-0.05, 0) is 82.4 Å². The Morgan fingerprint density at radius 1 is 0.571 bits per heavy atom. The molecular formula is C46H32N2Si. The zero-order valence-corrected chi connectivity index (χ0v) is 28.5. The molecule has 1 aliphatic heterocycles. The van der Waals surface area contributed by atoms with Crippen LogP contribution in [-0.2, 0) is 6.42 Å². The van der Waals surface area contributed by atoms with E-state index in [1.807, 2.05) is 6.07 Å². The Balaban J connectivity index is 1.40. The van der Waals surface area contributed by atoms with Crippen LogP contribution in [0.2, 0.25) is 13.1 Å². The van der Waals surface area contributed by atoms with Crippen molar-refractivity contribution in [2.75, 3.05) is 0 Å². The maximum absolute atomic E-state index is 3.57. The zero-order chi connectivity index (χ0) is 32.4. The molecule has 2 aromatic heterocycles. The van der Waals surface area contributed by atoms with Crippen LogP contribution in [0.4, 0.5) is 0 Å². The predicted octanol–water partition coefficient (Wildman–Crippen LogP) is 10.4. The van der Waals surface area contributed by atoms with Gasteiger partial charge in [0, 0.05) is 37.9 Å². The number of nitrogens with zero attached hydrogens (tertiary/aromatic N) is 2. The van der Waals surface area contributed by atoms with Crippen molar-refractivity contribution < 1.29 is 0 Å². The van der Waals surface area contributed by atoms with Gasteiger partial charge in [-0.3, -0.25) is 0 Å². The summed E-state index contributed by atoms with van der Waals surface area (Å²) in [4.78, 5) is 0. The molecule has 9 aromatic rings. The van der Waals surface area contributed by atoms with Gasteiger partial charge in [0.15, 0.2) is 0 Å². The fourth-order valence-electron chi connectivity index (χ4n) is 9.26. The molecule has 0 atom stereocenters. The Morgan fingerprint density at radius 3 is 1.96 bits per heavy atom. The third kappa shape index (κ3) is 3.46. The van der Waals surface area contributed by atoms with E-state index in [0.717, 1.165) is 18.4 Å². The highest BCUT2D eigenvalue weighted by atomic mass is 28.3. The van der Waals surface area contributed by atoms with Crippen molar-refractivity contribution in [2.45, 2.75) is 25.9 Å². The molecule has 7 aromatic carbocycles. The maximum atomic E-state index is 3.57. The average Bonchev–Trinajstić information content (AvgIpc) is 3.73. The summed E-state index contributed by atoms with van der Waals surface area (Å²) in [6, 6.07) is 52.1. The number of para-hydroxylation sites is 3. The maximum Gasteiger partial charge on any atom is 0.113 e. The summed E-state index contributed by atoms with van der Waals surface area (Å²) < 4.78 is 5.08. The smallest absolute Gasteiger partial charge is 0.113 e. The number of fused-ring (bicyclic) bond motifs is 11. The van der Waals surface area contributed by atoms with Crippen LogP contribution < -0.4 is 10.4 Å². The van der Waals surface area contributed by atoms with Gasteiger partial charge in [0.2, 0.25) is 0 Å².